The monoisotopic (exact) mass is 454 g/mol. The Morgan fingerprint density at radius 3 is 2.55 bits per heavy atom. The number of amides is 2. The van der Waals surface area contributed by atoms with E-state index in [2.05, 4.69) is 40.7 Å². The predicted octanol–water partition coefficient (Wildman–Crippen LogP) is 4.27. The van der Waals surface area contributed by atoms with E-state index in [1.807, 2.05) is 36.6 Å². The van der Waals surface area contributed by atoms with Crippen molar-refractivity contribution in [2.45, 2.75) is 18.2 Å². The normalized spacial score (nSPS) is 10.8. The van der Waals surface area contributed by atoms with Gasteiger partial charge in [0.1, 0.15) is 0 Å². The summed E-state index contributed by atoms with van der Waals surface area (Å²) in [5.74, 6) is -0.359. The fraction of sp³-hybridized carbons (Fsp3) is 0.261. The maximum absolute atomic E-state index is 12.4. The first-order chi connectivity index (χ1) is 14.9. The molecule has 0 bridgehead atoms. The van der Waals surface area contributed by atoms with Crippen LogP contribution in [0.4, 0.5) is 10.8 Å². The number of hydrogen-bond donors (Lipinski definition) is 2. The van der Waals surface area contributed by atoms with E-state index in [4.69, 9.17) is 0 Å². The average molecular weight is 455 g/mol. The summed E-state index contributed by atoms with van der Waals surface area (Å²) in [7, 11) is 1.74. The second kappa shape index (κ2) is 11.1. The summed E-state index contributed by atoms with van der Waals surface area (Å²) >= 11 is 3.04. The van der Waals surface area contributed by atoms with Gasteiger partial charge < -0.3 is 10.6 Å². The Labute approximate surface area is 191 Å². The first-order valence-corrected chi connectivity index (χ1v) is 11.9. The smallest absolute Gasteiger partial charge is 0.240 e. The standard InChI is InChI=1S/C23H26N4O2S2/c1-16-7-6-8-17(11-16)12-18-13-24-23(31-18)26-22(29)15-27(2)14-21(28)25-19-9-4-5-10-20(19)30-3/h4-11,13H,12,14-15H2,1-3H3,(H,25,28)(H,24,26,29). The minimum atomic E-state index is -0.198. The molecule has 6 nitrogen and oxygen atoms in total. The molecule has 31 heavy (non-hydrogen) atoms. The van der Waals surface area contributed by atoms with Crippen molar-refractivity contribution >= 4 is 45.7 Å². The second-order valence-corrected chi connectivity index (χ2v) is 9.23. The van der Waals surface area contributed by atoms with Crippen molar-refractivity contribution in [2.24, 2.45) is 0 Å². The third kappa shape index (κ3) is 7.20. The third-order valence-electron chi connectivity index (χ3n) is 4.47. The van der Waals surface area contributed by atoms with E-state index in [1.165, 1.54) is 22.5 Å². The number of likely N-dealkylation sites (N-methyl/N-ethyl adjacent to an activating group) is 1. The van der Waals surface area contributed by atoms with Gasteiger partial charge in [-0.05, 0) is 37.9 Å². The van der Waals surface area contributed by atoms with E-state index < -0.39 is 0 Å². The molecule has 0 spiro atoms. The molecule has 0 radical (unpaired) electrons. The van der Waals surface area contributed by atoms with Gasteiger partial charge in [0.15, 0.2) is 5.13 Å². The van der Waals surface area contributed by atoms with E-state index >= 15 is 0 Å². The van der Waals surface area contributed by atoms with Crippen LogP contribution in [0.25, 0.3) is 0 Å². The molecule has 0 unspecified atom stereocenters. The maximum Gasteiger partial charge on any atom is 0.240 e. The van der Waals surface area contributed by atoms with Crippen LogP contribution >= 0.6 is 23.1 Å². The lowest BCUT2D eigenvalue weighted by atomic mass is 10.1. The lowest BCUT2D eigenvalue weighted by Gasteiger charge is -2.16. The van der Waals surface area contributed by atoms with Crippen LogP contribution in [0.15, 0.2) is 59.6 Å². The Morgan fingerprint density at radius 2 is 1.81 bits per heavy atom. The molecule has 162 valence electrons. The summed E-state index contributed by atoms with van der Waals surface area (Å²) < 4.78 is 0. The van der Waals surface area contributed by atoms with Crippen molar-refractivity contribution in [1.29, 1.82) is 0 Å². The zero-order valence-electron chi connectivity index (χ0n) is 17.8. The zero-order chi connectivity index (χ0) is 22.2. The molecule has 0 atom stereocenters. The fourth-order valence-electron chi connectivity index (χ4n) is 3.11. The number of hydrogen-bond acceptors (Lipinski definition) is 6. The molecule has 0 saturated carbocycles. The van der Waals surface area contributed by atoms with Gasteiger partial charge in [-0.1, -0.05) is 42.0 Å². The van der Waals surface area contributed by atoms with Crippen LogP contribution in [0.1, 0.15) is 16.0 Å². The summed E-state index contributed by atoms with van der Waals surface area (Å²) in [6.07, 6.45) is 4.54. The predicted molar refractivity (Wildman–Crippen MR) is 129 cm³/mol. The number of nitrogens with zero attached hydrogens (tertiary/aromatic N) is 2. The Balaban J connectivity index is 1.47. The Morgan fingerprint density at radius 1 is 1.06 bits per heavy atom. The molecular weight excluding hydrogens is 428 g/mol. The van der Waals surface area contributed by atoms with Crippen LogP contribution in [-0.2, 0) is 16.0 Å². The quantitative estimate of drug-likeness (QED) is 0.472. The summed E-state index contributed by atoms with van der Waals surface area (Å²) in [5.41, 5.74) is 3.22. The number of aromatic nitrogens is 1. The van der Waals surface area contributed by atoms with Crippen molar-refractivity contribution in [3.63, 3.8) is 0 Å². The van der Waals surface area contributed by atoms with Crippen LogP contribution in [0.2, 0.25) is 0 Å². The Kier molecular flexibility index (Phi) is 8.22. The molecule has 1 aromatic heterocycles. The van der Waals surface area contributed by atoms with Gasteiger partial charge in [-0.15, -0.1) is 23.1 Å². The average Bonchev–Trinajstić information content (AvgIpc) is 3.14. The van der Waals surface area contributed by atoms with Crippen LogP contribution in [-0.4, -0.2) is 48.1 Å². The second-order valence-electron chi connectivity index (χ2n) is 7.27. The Bertz CT molecular complexity index is 1050. The molecule has 0 aliphatic heterocycles. The van der Waals surface area contributed by atoms with Crippen molar-refractivity contribution in [3.8, 4) is 0 Å². The van der Waals surface area contributed by atoms with E-state index in [0.29, 0.717) is 5.13 Å². The van der Waals surface area contributed by atoms with E-state index in [1.54, 1.807) is 29.9 Å². The molecule has 1 heterocycles. The number of aryl methyl sites for hydroxylation is 1. The molecule has 0 saturated heterocycles. The summed E-state index contributed by atoms with van der Waals surface area (Å²) in [6, 6.07) is 16.0. The summed E-state index contributed by atoms with van der Waals surface area (Å²) in [6.45, 7) is 2.29. The van der Waals surface area contributed by atoms with Crippen LogP contribution in [0, 0.1) is 6.92 Å². The molecule has 2 amide bonds. The minimum absolute atomic E-state index is 0.102. The van der Waals surface area contributed by atoms with Gasteiger partial charge in [-0.25, -0.2) is 4.98 Å². The molecule has 3 aromatic rings. The van der Waals surface area contributed by atoms with Crippen molar-refractivity contribution in [2.75, 3.05) is 37.0 Å². The number of thioether (sulfide) groups is 1. The highest BCUT2D eigenvalue weighted by molar-refractivity contribution is 7.98. The highest BCUT2D eigenvalue weighted by Crippen LogP contribution is 2.24. The zero-order valence-corrected chi connectivity index (χ0v) is 19.5. The SMILES string of the molecule is CSc1ccccc1NC(=O)CN(C)CC(=O)Nc1ncc(Cc2cccc(C)c2)s1. The molecule has 2 N–H and O–H groups in total. The topological polar surface area (TPSA) is 74.3 Å². The molecule has 2 aromatic carbocycles. The van der Waals surface area contributed by atoms with Crippen molar-refractivity contribution < 1.29 is 9.59 Å². The molecular formula is C23H26N4O2S2. The van der Waals surface area contributed by atoms with Crippen molar-refractivity contribution in [1.82, 2.24) is 9.88 Å². The molecule has 3 rings (SSSR count). The van der Waals surface area contributed by atoms with Gasteiger partial charge in [-0.2, -0.15) is 0 Å². The van der Waals surface area contributed by atoms with E-state index in [-0.39, 0.29) is 24.9 Å². The fourth-order valence-corrected chi connectivity index (χ4v) is 4.53. The van der Waals surface area contributed by atoms with Crippen molar-refractivity contribution in [3.05, 3.63) is 70.7 Å². The van der Waals surface area contributed by atoms with Crippen LogP contribution < -0.4 is 10.6 Å². The summed E-state index contributed by atoms with van der Waals surface area (Å²) in [4.78, 5) is 32.7. The molecule has 8 heteroatoms. The number of rotatable bonds is 9. The van der Waals surface area contributed by atoms with Gasteiger partial charge in [0, 0.05) is 22.4 Å². The van der Waals surface area contributed by atoms with E-state index in [9.17, 15) is 9.59 Å². The lowest BCUT2D eigenvalue weighted by Crippen LogP contribution is -2.36. The number of nitrogens with one attached hydrogen (secondary N) is 2. The van der Waals surface area contributed by atoms with Gasteiger partial charge in [0.05, 0.1) is 18.8 Å². The molecule has 0 fully saturated rings. The van der Waals surface area contributed by atoms with E-state index in [0.717, 1.165) is 21.9 Å². The number of carbonyl (C=O) groups is 2. The maximum atomic E-state index is 12.4. The Hall–Kier alpha value is -2.68. The van der Waals surface area contributed by atoms with Crippen LogP contribution in [0.5, 0.6) is 0 Å². The minimum Gasteiger partial charge on any atom is -0.324 e. The highest BCUT2D eigenvalue weighted by atomic mass is 32.2. The number of thiazole rings is 1. The van der Waals surface area contributed by atoms with Gasteiger partial charge >= 0.3 is 0 Å². The first kappa shape index (κ1) is 23.0. The van der Waals surface area contributed by atoms with Crippen LogP contribution in [0.3, 0.4) is 0 Å². The summed E-state index contributed by atoms with van der Waals surface area (Å²) in [5, 5.41) is 6.29. The van der Waals surface area contributed by atoms with Gasteiger partial charge in [0.2, 0.25) is 11.8 Å². The largest absolute Gasteiger partial charge is 0.324 e. The first-order valence-electron chi connectivity index (χ1n) is 9.84. The number of benzene rings is 2. The van der Waals surface area contributed by atoms with Gasteiger partial charge in [0.25, 0.3) is 0 Å². The van der Waals surface area contributed by atoms with Gasteiger partial charge in [-0.3, -0.25) is 14.5 Å². The number of anilines is 2. The number of para-hydroxylation sites is 1. The number of carbonyl (C=O) groups excluding carboxylic acids is 2. The third-order valence-corrected chi connectivity index (χ3v) is 6.18. The molecule has 0 aliphatic carbocycles. The molecule has 0 aliphatic rings. The highest BCUT2D eigenvalue weighted by Gasteiger charge is 2.14. The lowest BCUT2D eigenvalue weighted by molar-refractivity contribution is -0.119.